The molecule has 0 saturated carbocycles. The van der Waals surface area contributed by atoms with Crippen LogP contribution >= 0.6 is 11.8 Å². The molecule has 0 aliphatic heterocycles. The van der Waals surface area contributed by atoms with Gasteiger partial charge in [0.2, 0.25) is 0 Å². The number of furan rings is 1. The van der Waals surface area contributed by atoms with E-state index in [-0.39, 0.29) is 0 Å². The van der Waals surface area contributed by atoms with Crippen molar-refractivity contribution in [3.05, 3.63) is 54.6 Å². The van der Waals surface area contributed by atoms with Gasteiger partial charge in [0.05, 0.1) is 0 Å². The van der Waals surface area contributed by atoms with Crippen LogP contribution in [0.4, 0.5) is 0 Å². The molecule has 3 aromatic rings. The van der Waals surface area contributed by atoms with Gasteiger partial charge in [-0.3, -0.25) is 0 Å². The van der Waals surface area contributed by atoms with Gasteiger partial charge in [-0.05, 0) is 24.5 Å². The standard InChI is InChI=1S/C15H12OS/c1-17-15-9-5-3-7-12(15)14-10-11-6-2-4-8-13(11)16-14/h2-10H,1H3. The zero-order valence-electron chi connectivity index (χ0n) is 9.51. The van der Waals surface area contributed by atoms with E-state index in [0.29, 0.717) is 0 Å². The molecule has 0 unspecified atom stereocenters. The van der Waals surface area contributed by atoms with E-state index < -0.39 is 0 Å². The van der Waals surface area contributed by atoms with Crippen LogP contribution in [0.5, 0.6) is 0 Å². The van der Waals surface area contributed by atoms with Crippen molar-refractivity contribution in [2.45, 2.75) is 4.90 Å². The fraction of sp³-hybridized carbons (Fsp3) is 0.0667. The third-order valence-corrected chi connectivity index (χ3v) is 3.59. The van der Waals surface area contributed by atoms with Crippen molar-refractivity contribution < 1.29 is 4.42 Å². The SMILES string of the molecule is CSc1ccccc1-c1cc2ccccc2o1. The first kappa shape index (κ1) is 10.5. The molecule has 0 atom stereocenters. The minimum absolute atomic E-state index is 0.941. The van der Waals surface area contributed by atoms with E-state index in [0.717, 1.165) is 22.3 Å². The Hall–Kier alpha value is -1.67. The van der Waals surface area contributed by atoms with Crippen molar-refractivity contribution in [1.82, 2.24) is 0 Å². The van der Waals surface area contributed by atoms with E-state index in [1.54, 1.807) is 11.8 Å². The average Bonchev–Trinajstić information content (AvgIpc) is 2.82. The third-order valence-electron chi connectivity index (χ3n) is 2.80. The molecule has 17 heavy (non-hydrogen) atoms. The largest absolute Gasteiger partial charge is 0.456 e. The second-order valence-electron chi connectivity index (χ2n) is 3.85. The summed E-state index contributed by atoms with van der Waals surface area (Å²) in [6.07, 6.45) is 2.08. The highest BCUT2D eigenvalue weighted by atomic mass is 32.2. The third kappa shape index (κ3) is 1.85. The van der Waals surface area contributed by atoms with Crippen molar-refractivity contribution >= 4 is 22.7 Å². The van der Waals surface area contributed by atoms with Gasteiger partial charge >= 0.3 is 0 Å². The van der Waals surface area contributed by atoms with E-state index in [9.17, 15) is 0 Å². The van der Waals surface area contributed by atoms with Crippen molar-refractivity contribution in [2.24, 2.45) is 0 Å². The van der Waals surface area contributed by atoms with E-state index in [2.05, 4.69) is 36.6 Å². The van der Waals surface area contributed by atoms with Crippen LogP contribution in [0.15, 0.2) is 63.9 Å². The highest BCUT2D eigenvalue weighted by Crippen LogP contribution is 2.33. The molecule has 0 spiro atoms. The van der Waals surface area contributed by atoms with Crippen molar-refractivity contribution in [2.75, 3.05) is 6.26 Å². The molecule has 2 heteroatoms. The van der Waals surface area contributed by atoms with Gasteiger partial charge in [-0.2, -0.15) is 0 Å². The first-order chi connectivity index (χ1) is 8.38. The molecule has 0 fully saturated rings. The monoisotopic (exact) mass is 240 g/mol. The molecule has 0 amide bonds. The van der Waals surface area contributed by atoms with Gasteiger partial charge in [0.15, 0.2) is 0 Å². The Morgan fingerprint density at radius 1 is 0.941 bits per heavy atom. The molecular weight excluding hydrogens is 228 g/mol. The minimum Gasteiger partial charge on any atom is -0.456 e. The van der Waals surface area contributed by atoms with E-state index in [1.807, 2.05) is 24.3 Å². The lowest BCUT2D eigenvalue weighted by atomic mass is 10.1. The van der Waals surface area contributed by atoms with Crippen LogP contribution in [0.25, 0.3) is 22.3 Å². The lowest BCUT2D eigenvalue weighted by Crippen LogP contribution is -1.77. The van der Waals surface area contributed by atoms with Gasteiger partial charge in [0.25, 0.3) is 0 Å². The maximum atomic E-state index is 5.88. The predicted octanol–water partition coefficient (Wildman–Crippen LogP) is 4.82. The van der Waals surface area contributed by atoms with Gasteiger partial charge in [-0.15, -0.1) is 11.8 Å². The number of rotatable bonds is 2. The van der Waals surface area contributed by atoms with Crippen molar-refractivity contribution in [3.8, 4) is 11.3 Å². The molecule has 1 nitrogen and oxygen atoms in total. The summed E-state index contributed by atoms with van der Waals surface area (Å²) in [4.78, 5) is 1.24. The second kappa shape index (κ2) is 4.30. The molecule has 0 N–H and O–H groups in total. The summed E-state index contributed by atoms with van der Waals surface area (Å²) in [6.45, 7) is 0. The topological polar surface area (TPSA) is 13.1 Å². The summed E-state index contributed by atoms with van der Waals surface area (Å²) in [5.74, 6) is 0.941. The zero-order valence-corrected chi connectivity index (χ0v) is 10.3. The predicted molar refractivity (Wildman–Crippen MR) is 73.4 cm³/mol. The number of fused-ring (bicyclic) bond motifs is 1. The van der Waals surface area contributed by atoms with Gasteiger partial charge in [0.1, 0.15) is 11.3 Å². The smallest absolute Gasteiger partial charge is 0.136 e. The summed E-state index contributed by atoms with van der Waals surface area (Å²) in [5.41, 5.74) is 2.11. The van der Waals surface area contributed by atoms with Crippen LogP contribution in [0, 0.1) is 0 Å². The highest BCUT2D eigenvalue weighted by Gasteiger charge is 2.08. The summed E-state index contributed by atoms with van der Waals surface area (Å²) in [6, 6.07) is 18.5. The summed E-state index contributed by atoms with van der Waals surface area (Å²) in [5, 5.41) is 1.15. The molecule has 0 aliphatic carbocycles. The van der Waals surface area contributed by atoms with Gasteiger partial charge in [-0.1, -0.05) is 36.4 Å². The van der Waals surface area contributed by atoms with E-state index in [1.165, 1.54) is 4.90 Å². The highest BCUT2D eigenvalue weighted by molar-refractivity contribution is 7.98. The zero-order chi connectivity index (χ0) is 11.7. The number of benzene rings is 2. The summed E-state index contributed by atoms with van der Waals surface area (Å²) < 4.78 is 5.88. The molecule has 0 radical (unpaired) electrons. The Morgan fingerprint density at radius 2 is 1.71 bits per heavy atom. The van der Waals surface area contributed by atoms with Gasteiger partial charge in [0, 0.05) is 15.8 Å². The maximum Gasteiger partial charge on any atom is 0.136 e. The van der Waals surface area contributed by atoms with Crippen LogP contribution in [-0.2, 0) is 0 Å². The Bertz CT molecular complexity index is 622. The molecule has 3 rings (SSSR count). The number of hydrogen-bond acceptors (Lipinski definition) is 2. The molecule has 2 aromatic carbocycles. The van der Waals surface area contributed by atoms with Crippen molar-refractivity contribution in [1.29, 1.82) is 0 Å². The molecule has 0 aliphatic rings. The van der Waals surface area contributed by atoms with Crippen LogP contribution in [0.2, 0.25) is 0 Å². The molecular formula is C15H12OS. The Labute approximate surface area is 104 Å². The lowest BCUT2D eigenvalue weighted by molar-refractivity contribution is 0.630. The molecule has 0 saturated heterocycles. The van der Waals surface area contributed by atoms with Crippen LogP contribution in [0.3, 0.4) is 0 Å². The van der Waals surface area contributed by atoms with Gasteiger partial charge < -0.3 is 4.42 Å². The quantitative estimate of drug-likeness (QED) is 0.596. The van der Waals surface area contributed by atoms with E-state index >= 15 is 0 Å². The maximum absolute atomic E-state index is 5.88. The van der Waals surface area contributed by atoms with Gasteiger partial charge in [-0.25, -0.2) is 0 Å². The first-order valence-corrected chi connectivity index (χ1v) is 6.73. The second-order valence-corrected chi connectivity index (χ2v) is 4.70. The van der Waals surface area contributed by atoms with Crippen LogP contribution in [0.1, 0.15) is 0 Å². The normalized spacial score (nSPS) is 10.9. The van der Waals surface area contributed by atoms with Crippen LogP contribution in [-0.4, -0.2) is 6.26 Å². The summed E-state index contributed by atoms with van der Waals surface area (Å²) in [7, 11) is 0. The first-order valence-electron chi connectivity index (χ1n) is 5.50. The molecule has 1 aromatic heterocycles. The van der Waals surface area contributed by atoms with Crippen molar-refractivity contribution in [3.63, 3.8) is 0 Å². The minimum atomic E-state index is 0.941. The Morgan fingerprint density at radius 3 is 2.53 bits per heavy atom. The van der Waals surface area contributed by atoms with E-state index in [4.69, 9.17) is 4.42 Å². The fourth-order valence-corrected chi connectivity index (χ4v) is 2.57. The Balaban J connectivity index is 2.20. The Kier molecular flexibility index (Phi) is 2.65. The van der Waals surface area contributed by atoms with Crippen LogP contribution < -0.4 is 0 Å². The molecule has 1 heterocycles. The number of hydrogen-bond donors (Lipinski definition) is 0. The average molecular weight is 240 g/mol. The number of para-hydroxylation sites is 1. The summed E-state index contributed by atoms with van der Waals surface area (Å²) >= 11 is 1.74. The molecule has 0 bridgehead atoms. The fourth-order valence-electron chi connectivity index (χ4n) is 1.96. The molecule has 84 valence electrons. The lowest BCUT2D eigenvalue weighted by Gasteiger charge is -2.02. The number of thioether (sulfide) groups is 1.